The third-order valence-corrected chi connectivity index (χ3v) is 2.72. The summed E-state index contributed by atoms with van der Waals surface area (Å²) in [5.74, 6) is 1.95. The highest BCUT2D eigenvalue weighted by Crippen LogP contribution is 2.25. The number of carbonyl (C=O) groups is 2. The third-order valence-electron chi connectivity index (χ3n) is 2.72. The average molecular weight is 273 g/mol. The van der Waals surface area contributed by atoms with E-state index in [1.807, 2.05) is 12.1 Å². The van der Waals surface area contributed by atoms with Crippen LogP contribution < -0.4 is 10.1 Å². The molecule has 5 nitrogen and oxygen atoms in total. The summed E-state index contributed by atoms with van der Waals surface area (Å²) in [5.41, 5.74) is 0.881. The SMILES string of the molecule is CNC(=O)Oc1ccc(-c2ccc(CCC=O)o2)cc1. The highest BCUT2D eigenvalue weighted by Gasteiger charge is 2.06. The second kappa shape index (κ2) is 6.56. The number of benzene rings is 1. The number of aldehydes is 1. The van der Waals surface area contributed by atoms with Crippen LogP contribution in [-0.2, 0) is 11.2 Å². The summed E-state index contributed by atoms with van der Waals surface area (Å²) in [7, 11) is 1.50. The molecule has 1 heterocycles. The molecule has 1 N–H and O–H groups in total. The molecule has 0 saturated heterocycles. The van der Waals surface area contributed by atoms with Crippen LogP contribution in [0.15, 0.2) is 40.8 Å². The van der Waals surface area contributed by atoms with Crippen molar-refractivity contribution in [1.29, 1.82) is 0 Å². The molecule has 0 radical (unpaired) electrons. The summed E-state index contributed by atoms with van der Waals surface area (Å²) < 4.78 is 10.6. The summed E-state index contributed by atoms with van der Waals surface area (Å²) in [6, 6.07) is 10.7. The summed E-state index contributed by atoms with van der Waals surface area (Å²) in [4.78, 5) is 21.4. The van der Waals surface area contributed by atoms with Crippen LogP contribution in [0.3, 0.4) is 0 Å². The summed E-state index contributed by atoms with van der Waals surface area (Å²) in [5, 5.41) is 2.37. The van der Waals surface area contributed by atoms with E-state index in [1.54, 1.807) is 24.3 Å². The van der Waals surface area contributed by atoms with Crippen molar-refractivity contribution in [2.75, 3.05) is 7.05 Å². The van der Waals surface area contributed by atoms with Crippen LogP contribution in [0.4, 0.5) is 4.79 Å². The predicted octanol–water partition coefficient (Wildman–Crippen LogP) is 2.80. The van der Waals surface area contributed by atoms with Gasteiger partial charge in [0.25, 0.3) is 0 Å². The molecule has 0 aliphatic carbocycles. The lowest BCUT2D eigenvalue weighted by Gasteiger charge is -2.03. The lowest BCUT2D eigenvalue weighted by molar-refractivity contribution is -0.107. The van der Waals surface area contributed by atoms with E-state index in [-0.39, 0.29) is 0 Å². The first kappa shape index (κ1) is 13.9. The van der Waals surface area contributed by atoms with Crippen LogP contribution in [0.1, 0.15) is 12.2 Å². The second-order valence-corrected chi connectivity index (χ2v) is 4.14. The lowest BCUT2D eigenvalue weighted by atomic mass is 10.2. The highest BCUT2D eigenvalue weighted by atomic mass is 16.5. The van der Waals surface area contributed by atoms with Gasteiger partial charge < -0.3 is 19.3 Å². The Kier molecular flexibility index (Phi) is 4.55. The number of furan rings is 1. The minimum Gasteiger partial charge on any atom is -0.461 e. The van der Waals surface area contributed by atoms with Crippen molar-refractivity contribution < 1.29 is 18.7 Å². The van der Waals surface area contributed by atoms with Crippen molar-refractivity contribution in [2.45, 2.75) is 12.8 Å². The number of amides is 1. The van der Waals surface area contributed by atoms with Gasteiger partial charge in [0.15, 0.2) is 0 Å². The van der Waals surface area contributed by atoms with Gasteiger partial charge in [-0.2, -0.15) is 0 Å². The molecule has 0 spiro atoms. The molecular formula is C15H15NO4. The Morgan fingerprint density at radius 3 is 2.65 bits per heavy atom. The normalized spacial score (nSPS) is 10.1. The van der Waals surface area contributed by atoms with Gasteiger partial charge in [0.1, 0.15) is 23.6 Å². The molecule has 0 fully saturated rings. The van der Waals surface area contributed by atoms with Crippen molar-refractivity contribution in [3.63, 3.8) is 0 Å². The fourth-order valence-electron chi connectivity index (χ4n) is 1.71. The molecule has 0 aliphatic rings. The Labute approximate surface area is 116 Å². The maximum atomic E-state index is 11.1. The molecule has 1 amide bonds. The molecule has 2 aromatic rings. The van der Waals surface area contributed by atoms with E-state index < -0.39 is 6.09 Å². The van der Waals surface area contributed by atoms with E-state index in [9.17, 15) is 9.59 Å². The number of aryl methyl sites for hydroxylation is 1. The first-order valence-electron chi connectivity index (χ1n) is 6.25. The molecule has 20 heavy (non-hydrogen) atoms. The van der Waals surface area contributed by atoms with Crippen LogP contribution in [0.5, 0.6) is 5.75 Å². The zero-order chi connectivity index (χ0) is 14.4. The molecule has 2 rings (SSSR count). The molecule has 0 bridgehead atoms. The Hall–Kier alpha value is -2.56. The van der Waals surface area contributed by atoms with Crippen molar-refractivity contribution in [3.05, 3.63) is 42.2 Å². The Morgan fingerprint density at radius 1 is 1.25 bits per heavy atom. The van der Waals surface area contributed by atoms with Crippen LogP contribution in [0.2, 0.25) is 0 Å². The molecule has 104 valence electrons. The molecule has 5 heteroatoms. The van der Waals surface area contributed by atoms with E-state index in [2.05, 4.69) is 5.32 Å². The minimum absolute atomic E-state index is 0.450. The fourth-order valence-corrected chi connectivity index (χ4v) is 1.71. The van der Waals surface area contributed by atoms with Gasteiger partial charge in [-0.05, 0) is 36.4 Å². The lowest BCUT2D eigenvalue weighted by Crippen LogP contribution is -2.21. The van der Waals surface area contributed by atoms with Crippen LogP contribution in [-0.4, -0.2) is 19.4 Å². The zero-order valence-electron chi connectivity index (χ0n) is 11.1. The Bertz CT molecular complexity index is 586. The molecule has 1 aromatic carbocycles. The van der Waals surface area contributed by atoms with Crippen molar-refractivity contribution in [1.82, 2.24) is 5.32 Å². The molecule has 0 aliphatic heterocycles. The standard InChI is InChI=1S/C15H15NO4/c1-16-15(18)20-13-6-4-11(5-7-13)14-9-8-12(19-14)3-2-10-17/h4-10H,2-3H2,1H3,(H,16,18). The van der Waals surface area contributed by atoms with Crippen LogP contribution in [0, 0.1) is 0 Å². The zero-order valence-corrected chi connectivity index (χ0v) is 11.1. The van der Waals surface area contributed by atoms with Gasteiger partial charge in [-0.25, -0.2) is 4.79 Å². The summed E-state index contributed by atoms with van der Waals surface area (Å²) in [6.07, 6.45) is 1.41. The van der Waals surface area contributed by atoms with E-state index in [1.165, 1.54) is 7.05 Å². The van der Waals surface area contributed by atoms with Gasteiger partial charge in [-0.3, -0.25) is 0 Å². The van der Waals surface area contributed by atoms with E-state index in [0.717, 1.165) is 23.4 Å². The van der Waals surface area contributed by atoms with Crippen molar-refractivity contribution in [3.8, 4) is 17.1 Å². The Balaban J connectivity index is 2.07. The molecule has 0 atom stereocenters. The summed E-state index contributed by atoms with van der Waals surface area (Å²) in [6.45, 7) is 0. The largest absolute Gasteiger partial charge is 0.461 e. The smallest absolute Gasteiger partial charge is 0.412 e. The topological polar surface area (TPSA) is 68.5 Å². The first-order chi connectivity index (χ1) is 9.72. The Morgan fingerprint density at radius 2 is 2.00 bits per heavy atom. The van der Waals surface area contributed by atoms with Crippen molar-refractivity contribution in [2.24, 2.45) is 0 Å². The number of ether oxygens (including phenoxy) is 1. The summed E-state index contributed by atoms with van der Waals surface area (Å²) >= 11 is 0. The maximum absolute atomic E-state index is 11.1. The van der Waals surface area contributed by atoms with Crippen molar-refractivity contribution >= 4 is 12.4 Å². The van der Waals surface area contributed by atoms with Crippen LogP contribution >= 0.6 is 0 Å². The van der Waals surface area contributed by atoms with Gasteiger partial charge in [-0.1, -0.05) is 0 Å². The van der Waals surface area contributed by atoms with Gasteiger partial charge in [0.05, 0.1) is 0 Å². The number of hydrogen-bond acceptors (Lipinski definition) is 4. The monoisotopic (exact) mass is 273 g/mol. The van der Waals surface area contributed by atoms with Gasteiger partial charge in [0.2, 0.25) is 0 Å². The average Bonchev–Trinajstić information content (AvgIpc) is 2.94. The van der Waals surface area contributed by atoms with Gasteiger partial charge >= 0.3 is 6.09 Å². The quantitative estimate of drug-likeness (QED) is 0.850. The number of nitrogens with one attached hydrogen (secondary N) is 1. The number of hydrogen-bond donors (Lipinski definition) is 1. The molecule has 0 unspecified atom stereocenters. The van der Waals surface area contributed by atoms with E-state index >= 15 is 0 Å². The van der Waals surface area contributed by atoms with E-state index in [4.69, 9.17) is 9.15 Å². The molecule has 0 saturated carbocycles. The molecule has 1 aromatic heterocycles. The van der Waals surface area contributed by atoms with Gasteiger partial charge in [0, 0.05) is 25.5 Å². The molecular weight excluding hydrogens is 258 g/mol. The predicted molar refractivity (Wildman–Crippen MR) is 73.6 cm³/mol. The minimum atomic E-state index is -0.508. The van der Waals surface area contributed by atoms with Crippen LogP contribution in [0.25, 0.3) is 11.3 Å². The number of rotatable bonds is 5. The highest BCUT2D eigenvalue weighted by molar-refractivity contribution is 5.70. The van der Waals surface area contributed by atoms with E-state index in [0.29, 0.717) is 18.6 Å². The second-order valence-electron chi connectivity index (χ2n) is 4.14. The first-order valence-corrected chi connectivity index (χ1v) is 6.25. The fraction of sp³-hybridized carbons (Fsp3) is 0.200. The number of carbonyl (C=O) groups excluding carboxylic acids is 2. The third kappa shape index (κ3) is 3.47. The maximum Gasteiger partial charge on any atom is 0.412 e. The van der Waals surface area contributed by atoms with Gasteiger partial charge in [-0.15, -0.1) is 0 Å².